The van der Waals surface area contributed by atoms with Crippen molar-refractivity contribution >= 4 is 27.5 Å². The van der Waals surface area contributed by atoms with E-state index in [0.717, 1.165) is 34.6 Å². The lowest BCUT2D eigenvalue weighted by Crippen LogP contribution is -2.26. The summed E-state index contributed by atoms with van der Waals surface area (Å²) in [6.45, 7) is 6.86. The van der Waals surface area contributed by atoms with Crippen molar-refractivity contribution in [2.75, 3.05) is 0 Å². The van der Waals surface area contributed by atoms with Gasteiger partial charge in [0.15, 0.2) is 0 Å². The van der Waals surface area contributed by atoms with E-state index in [1.165, 1.54) is 16.9 Å². The average Bonchev–Trinajstić information content (AvgIpc) is 3.08. The Balaban J connectivity index is 2.08. The zero-order valence-corrected chi connectivity index (χ0v) is 17.5. The number of nitrogens with zero attached hydrogens (tertiary/aromatic N) is 2. The monoisotopic (exact) mass is 397 g/mol. The fourth-order valence-electron chi connectivity index (χ4n) is 3.38. The highest BCUT2D eigenvalue weighted by atomic mass is 32.1. The second kappa shape index (κ2) is 8.69. The van der Waals surface area contributed by atoms with Crippen LogP contribution in [0.1, 0.15) is 57.3 Å². The van der Waals surface area contributed by atoms with Crippen molar-refractivity contribution in [2.24, 2.45) is 5.73 Å². The molecule has 3 rings (SSSR count). The van der Waals surface area contributed by atoms with Crippen LogP contribution < -0.4 is 11.3 Å². The third-order valence-electron chi connectivity index (χ3n) is 4.94. The Hall–Kier alpha value is -2.47. The van der Waals surface area contributed by atoms with Crippen LogP contribution in [0.25, 0.3) is 21.3 Å². The Morgan fingerprint density at radius 2 is 1.96 bits per heavy atom. The van der Waals surface area contributed by atoms with Crippen molar-refractivity contribution in [3.05, 3.63) is 51.4 Å². The summed E-state index contributed by atoms with van der Waals surface area (Å²) in [6.07, 6.45) is 2.45. The van der Waals surface area contributed by atoms with Gasteiger partial charge in [-0.3, -0.25) is 14.2 Å². The number of hydrogen-bond acceptors (Lipinski definition) is 4. The standard InChI is InChI=1S/C22H27N3O2S/c1-4-6-19-24-21-20(22(27)25(19)12-5-7-18(23)26)17(13-28-21)16-10-8-15(9-11-16)14(2)3/h8-11,13-14H,4-7,12H2,1-3H3,(H2,23,26). The smallest absolute Gasteiger partial charge is 0.262 e. The zero-order valence-electron chi connectivity index (χ0n) is 16.7. The van der Waals surface area contributed by atoms with Gasteiger partial charge in [-0.05, 0) is 29.9 Å². The summed E-state index contributed by atoms with van der Waals surface area (Å²) in [5.74, 6) is 0.905. The topological polar surface area (TPSA) is 78.0 Å². The number of primary amides is 1. The van der Waals surface area contributed by atoms with Gasteiger partial charge in [0.2, 0.25) is 5.91 Å². The summed E-state index contributed by atoms with van der Waals surface area (Å²) in [4.78, 5) is 30.0. The Bertz CT molecular complexity index is 1030. The number of rotatable bonds is 8. The Labute approximate surface area is 169 Å². The van der Waals surface area contributed by atoms with Gasteiger partial charge in [0, 0.05) is 30.3 Å². The Morgan fingerprint density at radius 3 is 2.57 bits per heavy atom. The van der Waals surface area contributed by atoms with E-state index in [4.69, 9.17) is 10.7 Å². The van der Waals surface area contributed by atoms with Gasteiger partial charge in [-0.15, -0.1) is 11.3 Å². The van der Waals surface area contributed by atoms with Crippen molar-refractivity contribution in [2.45, 2.75) is 58.9 Å². The van der Waals surface area contributed by atoms with E-state index < -0.39 is 0 Å². The number of thiophene rings is 1. The maximum absolute atomic E-state index is 13.3. The number of carbonyl (C=O) groups excluding carboxylic acids is 1. The van der Waals surface area contributed by atoms with E-state index in [1.807, 2.05) is 5.38 Å². The third kappa shape index (κ3) is 4.17. The van der Waals surface area contributed by atoms with Gasteiger partial charge >= 0.3 is 0 Å². The van der Waals surface area contributed by atoms with Gasteiger partial charge in [0.05, 0.1) is 5.39 Å². The first-order chi connectivity index (χ1) is 13.4. The molecule has 148 valence electrons. The van der Waals surface area contributed by atoms with Crippen molar-refractivity contribution in [3.8, 4) is 11.1 Å². The highest BCUT2D eigenvalue weighted by Crippen LogP contribution is 2.32. The van der Waals surface area contributed by atoms with E-state index >= 15 is 0 Å². The summed E-state index contributed by atoms with van der Waals surface area (Å²) < 4.78 is 1.73. The van der Waals surface area contributed by atoms with Crippen LogP contribution in [0, 0.1) is 0 Å². The number of carbonyl (C=O) groups is 1. The molecule has 0 aliphatic carbocycles. The molecule has 2 N–H and O–H groups in total. The van der Waals surface area contributed by atoms with E-state index in [1.54, 1.807) is 4.57 Å². The fraction of sp³-hybridized carbons (Fsp3) is 0.409. The van der Waals surface area contributed by atoms with Crippen LogP contribution in [0.2, 0.25) is 0 Å². The molecule has 0 fully saturated rings. The van der Waals surface area contributed by atoms with Gasteiger partial charge in [-0.2, -0.15) is 0 Å². The molecule has 0 radical (unpaired) electrons. The first-order valence-electron chi connectivity index (χ1n) is 9.82. The molecule has 1 aromatic carbocycles. The van der Waals surface area contributed by atoms with Crippen molar-refractivity contribution in [1.29, 1.82) is 0 Å². The maximum Gasteiger partial charge on any atom is 0.262 e. The average molecular weight is 398 g/mol. The molecule has 2 heterocycles. The first-order valence-corrected chi connectivity index (χ1v) is 10.7. The molecule has 28 heavy (non-hydrogen) atoms. The number of hydrogen-bond donors (Lipinski definition) is 1. The van der Waals surface area contributed by atoms with Crippen LogP contribution >= 0.6 is 11.3 Å². The number of fused-ring (bicyclic) bond motifs is 1. The molecule has 3 aromatic rings. The molecule has 6 heteroatoms. The number of amides is 1. The molecule has 0 aliphatic heterocycles. The summed E-state index contributed by atoms with van der Waals surface area (Å²) in [5, 5.41) is 2.69. The molecular formula is C22H27N3O2S. The predicted octanol–water partition coefficient (Wildman–Crippen LogP) is 4.47. The predicted molar refractivity (Wildman–Crippen MR) is 116 cm³/mol. The van der Waals surface area contributed by atoms with Gasteiger partial charge < -0.3 is 5.73 Å². The van der Waals surface area contributed by atoms with Crippen molar-refractivity contribution in [3.63, 3.8) is 0 Å². The summed E-state index contributed by atoms with van der Waals surface area (Å²) in [5.41, 5.74) is 8.47. The summed E-state index contributed by atoms with van der Waals surface area (Å²) in [7, 11) is 0. The molecule has 1 amide bonds. The van der Waals surface area contributed by atoms with Crippen LogP contribution in [-0.4, -0.2) is 15.5 Å². The molecule has 5 nitrogen and oxygen atoms in total. The molecule has 2 aromatic heterocycles. The minimum atomic E-state index is -0.347. The fourth-order valence-corrected chi connectivity index (χ4v) is 4.34. The van der Waals surface area contributed by atoms with E-state index in [-0.39, 0.29) is 17.9 Å². The van der Waals surface area contributed by atoms with Crippen molar-refractivity contribution < 1.29 is 4.79 Å². The summed E-state index contributed by atoms with van der Waals surface area (Å²) in [6, 6.07) is 8.39. The maximum atomic E-state index is 13.3. The van der Waals surface area contributed by atoms with Crippen LogP contribution in [0.3, 0.4) is 0 Å². The lowest BCUT2D eigenvalue weighted by atomic mass is 9.99. The third-order valence-corrected chi connectivity index (χ3v) is 5.81. The summed E-state index contributed by atoms with van der Waals surface area (Å²) >= 11 is 1.51. The van der Waals surface area contributed by atoms with Crippen molar-refractivity contribution in [1.82, 2.24) is 9.55 Å². The van der Waals surface area contributed by atoms with Gasteiger partial charge in [0.1, 0.15) is 10.7 Å². The molecule has 0 bridgehead atoms. The van der Waals surface area contributed by atoms with E-state index in [9.17, 15) is 9.59 Å². The molecule has 0 spiro atoms. The van der Waals surface area contributed by atoms with Crippen LogP contribution in [0.5, 0.6) is 0 Å². The van der Waals surface area contributed by atoms with E-state index in [2.05, 4.69) is 45.0 Å². The van der Waals surface area contributed by atoms with Crippen LogP contribution in [0.15, 0.2) is 34.4 Å². The van der Waals surface area contributed by atoms with Crippen LogP contribution in [0.4, 0.5) is 0 Å². The number of benzene rings is 1. The van der Waals surface area contributed by atoms with Gasteiger partial charge in [-0.1, -0.05) is 45.0 Å². The van der Waals surface area contributed by atoms with Gasteiger partial charge in [0.25, 0.3) is 5.56 Å². The second-order valence-corrected chi connectivity index (χ2v) is 8.27. The minimum absolute atomic E-state index is 0.0258. The lowest BCUT2D eigenvalue weighted by Gasteiger charge is -2.12. The number of aryl methyl sites for hydroxylation is 1. The largest absolute Gasteiger partial charge is 0.370 e. The number of nitrogens with two attached hydrogens (primary N) is 1. The Morgan fingerprint density at radius 1 is 1.25 bits per heavy atom. The highest BCUT2D eigenvalue weighted by molar-refractivity contribution is 7.17. The number of aromatic nitrogens is 2. The molecule has 0 saturated carbocycles. The molecule has 0 atom stereocenters. The van der Waals surface area contributed by atoms with E-state index in [0.29, 0.717) is 24.3 Å². The van der Waals surface area contributed by atoms with Crippen LogP contribution in [-0.2, 0) is 17.8 Å². The molecular weight excluding hydrogens is 370 g/mol. The molecule has 0 unspecified atom stereocenters. The highest BCUT2D eigenvalue weighted by Gasteiger charge is 2.17. The normalized spacial score (nSPS) is 11.4. The zero-order chi connectivity index (χ0) is 20.3. The molecule has 0 saturated heterocycles. The first kappa shape index (κ1) is 20.3. The Kier molecular flexibility index (Phi) is 6.29. The second-order valence-electron chi connectivity index (χ2n) is 7.41. The lowest BCUT2D eigenvalue weighted by molar-refractivity contribution is -0.118. The molecule has 0 aliphatic rings. The SMILES string of the molecule is CCCc1nc2scc(-c3ccc(C(C)C)cc3)c2c(=O)n1CCCC(N)=O. The minimum Gasteiger partial charge on any atom is -0.370 e. The van der Waals surface area contributed by atoms with Gasteiger partial charge in [-0.25, -0.2) is 4.98 Å². The quantitative estimate of drug-likeness (QED) is 0.609.